The van der Waals surface area contributed by atoms with Crippen molar-refractivity contribution in [1.29, 1.82) is 0 Å². The third-order valence-electron chi connectivity index (χ3n) is 3.39. The second-order valence-corrected chi connectivity index (χ2v) is 6.75. The van der Waals surface area contributed by atoms with Gasteiger partial charge in [-0.05, 0) is 18.2 Å². The summed E-state index contributed by atoms with van der Waals surface area (Å²) in [5.74, 6) is -1.79. The highest BCUT2D eigenvalue weighted by atomic mass is 32.2. The zero-order chi connectivity index (χ0) is 16.5. The van der Waals surface area contributed by atoms with Crippen LogP contribution in [0, 0.1) is 5.92 Å². The Kier molecular flexibility index (Phi) is 4.38. The quantitative estimate of drug-likeness (QED) is 0.785. The molecule has 1 amide bonds. The van der Waals surface area contributed by atoms with Crippen molar-refractivity contribution in [2.45, 2.75) is 6.42 Å². The first-order valence-electron chi connectivity index (χ1n) is 6.43. The maximum Gasteiger partial charge on any atom is 0.335 e. The van der Waals surface area contributed by atoms with Crippen molar-refractivity contribution in [1.82, 2.24) is 0 Å². The van der Waals surface area contributed by atoms with Crippen molar-refractivity contribution in [3.05, 3.63) is 23.8 Å². The lowest BCUT2D eigenvalue weighted by Crippen LogP contribution is -2.27. The second-order valence-electron chi connectivity index (χ2n) is 5.10. The number of nitrogens with zero attached hydrogens (tertiary/aromatic N) is 1. The van der Waals surface area contributed by atoms with E-state index in [1.54, 1.807) is 0 Å². The molecule has 1 fully saturated rings. The predicted molar refractivity (Wildman–Crippen MR) is 78.4 cm³/mol. The van der Waals surface area contributed by atoms with Crippen LogP contribution in [0.1, 0.15) is 16.8 Å². The summed E-state index contributed by atoms with van der Waals surface area (Å²) in [5.41, 5.74) is 0.447. The lowest BCUT2D eigenvalue weighted by atomic mass is 10.1. The highest BCUT2D eigenvalue weighted by molar-refractivity contribution is 7.89. The summed E-state index contributed by atoms with van der Waals surface area (Å²) >= 11 is 0. The van der Waals surface area contributed by atoms with E-state index in [0.717, 1.165) is 0 Å². The maximum absolute atomic E-state index is 12.1. The minimum Gasteiger partial charge on any atom is -0.495 e. The number of methoxy groups -OCH3 is 1. The van der Waals surface area contributed by atoms with E-state index in [-0.39, 0.29) is 35.9 Å². The number of aromatic carboxylic acids is 1. The summed E-state index contributed by atoms with van der Waals surface area (Å²) in [6.45, 7) is 0.193. The van der Waals surface area contributed by atoms with E-state index in [2.05, 4.69) is 0 Å². The van der Waals surface area contributed by atoms with E-state index in [0.29, 0.717) is 5.69 Å². The first kappa shape index (κ1) is 16.2. The van der Waals surface area contributed by atoms with Crippen LogP contribution in [-0.2, 0) is 14.8 Å². The molecule has 0 aromatic heterocycles. The molecule has 0 saturated carbocycles. The molecule has 2 rings (SSSR count). The van der Waals surface area contributed by atoms with Crippen LogP contribution in [0.3, 0.4) is 0 Å². The molecular weight excluding hydrogens is 312 g/mol. The van der Waals surface area contributed by atoms with Gasteiger partial charge in [-0.1, -0.05) is 0 Å². The molecule has 1 aliphatic rings. The second kappa shape index (κ2) is 5.93. The number of carboxylic acids is 1. The molecule has 1 unspecified atom stereocenters. The number of carbonyl (C=O) groups is 2. The van der Waals surface area contributed by atoms with E-state index in [1.807, 2.05) is 0 Å². The van der Waals surface area contributed by atoms with Crippen molar-refractivity contribution in [3.8, 4) is 5.75 Å². The molecule has 1 saturated heterocycles. The number of hydrogen-bond donors (Lipinski definition) is 2. The van der Waals surface area contributed by atoms with Crippen LogP contribution in [0.4, 0.5) is 5.69 Å². The lowest BCUT2D eigenvalue weighted by Gasteiger charge is -2.20. The van der Waals surface area contributed by atoms with Crippen molar-refractivity contribution >= 4 is 27.6 Å². The summed E-state index contributed by atoms with van der Waals surface area (Å²) in [5, 5.41) is 14.0. The van der Waals surface area contributed by atoms with Gasteiger partial charge in [0.15, 0.2) is 0 Å². The van der Waals surface area contributed by atoms with Gasteiger partial charge in [-0.3, -0.25) is 4.79 Å². The van der Waals surface area contributed by atoms with Gasteiger partial charge in [0.1, 0.15) is 5.75 Å². The fraction of sp³-hybridized carbons (Fsp3) is 0.385. The number of carbonyl (C=O) groups excluding carboxylic acids is 1. The first-order valence-corrected chi connectivity index (χ1v) is 8.15. The van der Waals surface area contributed by atoms with Crippen LogP contribution in [0.5, 0.6) is 5.75 Å². The van der Waals surface area contributed by atoms with Crippen LogP contribution in [-0.4, -0.2) is 44.8 Å². The van der Waals surface area contributed by atoms with Crippen LogP contribution in [0.15, 0.2) is 18.2 Å². The molecule has 0 bridgehead atoms. The molecule has 1 aliphatic heterocycles. The Morgan fingerprint density at radius 3 is 2.73 bits per heavy atom. The molecule has 22 heavy (non-hydrogen) atoms. The van der Waals surface area contributed by atoms with Gasteiger partial charge in [0.25, 0.3) is 0 Å². The largest absolute Gasteiger partial charge is 0.495 e. The molecule has 0 spiro atoms. The summed E-state index contributed by atoms with van der Waals surface area (Å²) in [4.78, 5) is 24.4. The number of nitrogens with two attached hydrogens (primary N) is 1. The Bertz CT molecular complexity index is 715. The van der Waals surface area contributed by atoms with Gasteiger partial charge >= 0.3 is 5.97 Å². The Morgan fingerprint density at radius 2 is 2.18 bits per heavy atom. The number of anilines is 1. The zero-order valence-electron chi connectivity index (χ0n) is 11.9. The summed E-state index contributed by atoms with van der Waals surface area (Å²) in [6, 6.07) is 4.15. The predicted octanol–water partition coefficient (Wildman–Crippen LogP) is 0.0348. The minimum absolute atomic E-state index is 0.0355. The third kappa shape index (κ3) is 3.55. The fourth-order valence-electron chi connectivity index (χ4n) is 2.49. The molecule has 9 heteroatoms. The summed E-state index contributed by atoms with van der Waals surface area (Å²) < 4.78 is 27.4. The van der Waals surface area contributed by atoms with Gasteiger partial charge in [0, 0.05) is 18.9 Å². The average molecular weight is 328 g/mol. The van der Waals surface area contributed by atoms with E-state index in [9.17, 15) is 18.0 Å². The standard InChI is InChI=1S/C13H16N2O6S/c1-21-11-5-9(13(17)18)2-3-10(11)15-6-8(4-12(15)16)7-22(14,19)20/h2-3,5,8H,4,6-7H2,1H3,(H,17,18)(H2,14,19,20). The number of carboxylic acid groups (broad SMARTS) is 1. The first-order chi connectivity index (χ1) is 10.2. The minimum atomic E-state index is -3.66. The third-order valence-corrected chi connectivity index (χ3v) is 4.33. The number of primary sulfonamides is 1. The topological polar surface area (TPSA) is 127 Å². The van der Waals surface area contributed by atoms with Gasteiger partial charge in [0.2, 0.25) is 15.9 Å². The van der Waals surface area contributed by atoms with Gasteiger partial charge in [-0.2, -0.15) is 0 Å². The fourth-order valence-corrected chi connectivity index (χ4v) is 3.37. The van der Waals surface area contributed by atoms with Crippen molar-refractivity contribution < 1.29 is 27.9 Å². The monoisotopic (exact) mass is 328 g/mol. The van der Waals surface area contributed by atoms with Crippen molar-refractivity contribution in [2.24, 2.45) is 11.1 Å². The molecule has 8 nitrogen and oxygen atoms in total. The number of rotatable bonds is 5. The highest BCUT2D eigenvalue weighted by Crippen LogP contribution is 2.34. The molecule has 120 valence electrons. The number of benzene rings is 1. The normalized spacial score (nSPS) is 18.5. The average Bonchev–Trinajstić information content (AvgIpc) is 2.76. The molecule has 1 aromatic carbocycles. The SMILES string of the molecule is COc1cc(C(=O)O)ccc1N1CC(CS(N)(=O)=O)CC1=O. The van der Waals surface area contributed by atoms with Gasteiger partial charge in [-0.15, -0.1) is 0 Å². The Balaban J connectivity index is 2.28. The maximum atomic E-state index is 12.1. The van der Waals surface area contributed by atoms with Crippen molar-refractivity contribution in [3.63, 3.8) is 0 Å². The smallest absolute Gasteiger partial charge is 0.335 e. The van der Waals surface area contributed by atoms with E-state index < -0.39 is 21.9 Å². The zero-order valence-corrected chi connectivity index (χ0v) is 12.7. The highest BCUT2D eigenvalue weighted by Gasteiger charge is 2.34. The number of ether oxygens (including phenoxy) is 1. The van der Waals surface area contributed by atoms with Crippen LogP contribution < -0.4 is 14.8 Å². The Hall–Kier alpha value is -2.13. The van der Waals surface area contributed by atoms with Gasteiger partial charge in [-0.25, -0.2) is 18.4 Å². The molecule has 0 aliphatic carbocycles. The van der Waals surface area contributed by atoms with Gasteiger partial charge < -0.3 is 14.7 Å². The Labute approximate surface area is 127 Å². The number of hydrogen-bond acceptors (Lipinski definition) is 5. The Morgan fingerprint density at radius 1 is 1.50 bits per heavy atom. The molecule has 1 aromatic rings. The van der Waals surface area contributed by atoms with Crippen LogP contribution in [0.2, 0.25) is 0 Å². The van der Waals surface area contributed by atoms with Crippen LogP contribution in [0.25, 0.3) is 0 Å². The lowest BCUT2D eigenvalue weighted by molar-refractivity contribution is -0.117. The molecule has 1 atom stereocenters. The van der Waals surface area contributed by atoms with E-state index in [1.165, 1.54) is 30.2 Å². The molecule has 1 heterocycles. The van der Waals surface area contributed by atoms with Crippen molar-refractivity contribution in [2.75, 3.05) is 24.3 Å². The number of sulfonamides is 1. The molecular formula is C13H16N2O6S. The van der Waals surface area contributed by atoms with E-state index >= 15 is 0 Å². The number of amides is 1. The summed E-state index contributed by atoms with van der Waals surface area (Å²) in [6.07, 6.45) is 0.0697. The van der Waals surface area contributed by atoms with Crippen LogP contribution >= 0.6 is 0 Å². The van der Waals surface area contributed by atoms with Gasteiger partial charge in [0.05, 0.1) is 24.1 Å². The molecule has 3 N–H and O–H groups in total. The van der Waals surface area contributed by atoms with E-state index in [4.69, 9.17) is 15.0 Å². The summed E-state index contributed by atoms with van der Waals surface area (Å²) in [7, 11) is -2.29. The molecule has 0 radical (unpaired) electrons.